The van der Waals surface area contributed by atoms with Crippen LogP contribution in [0.3, 0.4) is 0 Å². The Kier molecular flexibility index (Phi) is 10.8. The van der Waals surface area contributed by atoms with Crippen molar-refractivity contribution in [1.82, 2.24) is 4.90 Å². The summed E-state index contributed by atoms with van der Waals surface area (Å²) in [6.07, 6.45) is 3.89. The lowest BCUT2D eigenvalue weighted by Gasteiger charge is -2.12. The van der Waals surface area contributed by atoms with Gasteiger partial charge in [0.25, 0.3) is 5.91 Å². The fourth-order valence-electron chi connectivity index (χ4n) is 2.48. The summed E-state index contributed by atoms with van der Waals surface area (Å²) in [5.41, 5.74) is -0.354. The van der Waals surface area contributed by atoms with Crippen LogP contribution in [0.25, 0.3) is 0 Å². The molecule has 0 radical (unpaired) electrons. The molecule has 1 heterocycles. The molecular weight excluding hydrogens is 342 g/mol. The molecule has 0 atom stereocenters. The molecule has 1 aliphatic heterocycles. The first-order chi connectivity index (χ1) is 12.5. The molecule has 0 unspecified atom stereocenters. The molecule has 0 aromatic heterocycles. The van der Waals surface area contributed by atoms with Gasteiger partial charge in [-0.15, -0.1) is 0 Å². The molecule has 1 rings (SSSR count). The number of unbranched alkanes of at least 4 members (excludes halogenated alkanes) is 3. The number of rotatable bonds is 13. The van der Waals surface area contributed by atoms with Gasteiger partial charge in [0.15, 0.2) is 5.78 Å². The van der Waals surface area contributed by atoms with Gasteiger partial charge >= 0.3 is 0 Å². The van der Waals surface area contributed by atoms with Crippen molar-refractivity contribution in [3.8, 4) is 0 Å². The van der Waals surface area contributed by atoms with Crippen LogP contribution in [0.4, 0.5) is 0 Å². The van der Waals surface area contributed by atoms with E-state index in [1.165, 1.54) is 0 Å². The Morgan fingerprint density at radius 2 is 1.77 bits per heavy atom. The van der Waals surface area contributed by atoms with E-state index in [1.54, 1.807) is 7.11 Å². The van der Waals surface area contributed by atoms with Gasteiger partial charge in [-0.1, -0.05) is 26.2 Å². The smallest absolute Gasteiger partial charge is 0.268 e. The highest BCUT2D eigenvalue weighted by Gasteiger charge is 2.39. The number of ketones is 1. The minimum atomic E-state index is -0.743. The van der Waals surface area contributed by atoms with Crippen molar-refractivity contribution < 1.29 is 33.7 Å². The van der Waals surface area contributed by atoms with E-state index < -0.39 is 17.4 Å². The Bertz CT molecular complexity index is 516. The van der Waals surface area contributed by atoms with Gasteiger partial charge in [0.2, 0.25) is 5.91 Å². The molecule has 1 fully saturated rings. The van der Waals surface area contributed by atoms with Gasteiger partial charge in [0, 0.05) is 13.5 Å². The zero-order valence-electron chi connectivity index (χ0n) is 15.6. The zero-order chi connectivity index (χ0) is 19.4. The van der Waals surface area contributed by atoms with Crippen molar-refractivity contribution in [3.63, 3.8) is 0 Å². The summed E-state index contributed by atoms with van der Waals surface area (Å²) in [5, 5.41) is 9.99. The molecule has 1 N–H and O–H groups in total. The lowest BCUT2D eigenvalue weighted by Crippen LogP contribution is -2.32. The van der Waals surface area contributed by atoms with Crippen molar-refractivity contribution in [2.45, 2.75) is 39.0 Å². The molecule has 2 amide bonds. The normalized spacial score (nSPS) is 16.5. The maximum absolute atomic E-state index is 12.3. The maximum atomic E-state index is 12.3. The van der Waals surface area contributed by atoms with Crippen LogP contribution in [0.15, 0.2) is 11.3 Å². The first-order valence-electron chi connectivity index (χ1n) is 8.97. The number of Topliss-reactive ketones (excluding diaryl/α,β-unsaturated/α-hetero) is 1. The SMILES string of the molecule is CCCCCCC(=O)N1CC(=O)/C(=C(/O)COCCOCCOC)C1=O. The number of ether oxygens (including phenoxy) is 3. The lowest BCUT2D eigenvalue weighted by molar-refractivity contribution is -0.141. The summed E-state index contributed by atoms with van der Waals surface area (Å²) >= 11 is 0. The standard InChI is InChI=1S/C18H29NO7/c1-3-4-5-6-7-16(22)19-12-14(20)17(18(19)23)15(21)13-26-11-10-25-9-8-24-2/h21H,3-13H2,1-2H3/b17-15-. The number of carbonyl (C=O) groups excluding carboxylic acids is 3. The van der Waals surface area contributed by atoms with Gasteiger partial charge in [-0.25, -0.2) is 0 Å². The second-order valence-corrected chi connectivity index (χ2v) is 6.00. The van der Waals surface area contributed by atoms with E-state index in [0.717, 1.165) is 24.2 Å². The van der Waals surface area contributed by atoms with Crippen molar-refractivity contribution in [3.05, 3.63) is 11.3 Å². The summed E-state index contributed by atoms with van der Waals surface area (Å²) in [6, 6.07) is 0. The summed E-state index contributed by atoms with van der Waals surface area (Å²) < 4.78 is 15.2. The van der Waals surface area contributed by atoms with Crippen LogP contribution in [-0.2, 0) is 28.6 Å². The monoisotopic (exact) mass is 371 g/mol. The zero-order valence-corrected chi connectivity index (χ0v) is 15.6. The van der Waals surface area contributed by atoms with E-state index in [9.17, 15) is 19.5 Å². The molecule has 8 heteroatoms. The Balaban J connectivity index is 2.45. The minimum absolute atomic E-state index is 0.198. The number of methoxy groups -OCH3 is 1. The molecule has 1 saturated heterocycles. The number of hydrogen-bond acceptors (Lipinski definition) is 7. The fourth-order valence-corrected chi connectivity index (χ4v) is 2.48. The van der Waals surface area contributed by atoms with Crippen molar-refractivity contribution in [1.29, 1.82) is 0 Å². The Labute approximate surface area is 154 Å². The van der Waals surface area contributed by atoms with Gasteiger partial charge in [-0.3, -0.25) is 19.3 Å². The molecule has 148 valence electrons. The van der Waals surface area contributed by atoms with Crippen LogP contribution in [0.5, 0.6) is 0 Å². The molecule has 0 spiro atoms. The molecule has 0 aromatic rings. The Hall–Kier alpha value is -1.77. The summed E-state index contributed by atoms with van der Waals surface area (Å²) in [6.45, 7) is 2.88. The van der Waals surface area contributed by atoms with Gasteiger partial charge in [-0.05, 0) is 6.42 Å². The number of amides is 2. The summed E-state index contributed by atoms with van der Waals surface area (Å²) in [5.74, 6) is -2.13. The third-order valence-electron chi connectivity index (χ3n) is 3.92. The van der Waals surface area contributed by atoms with Gasteiger partial charge in [0.1, 0.15) is 17.9 Å². The van der Waals surface area contributed by atoms with Gasteiger partial charge in [-0.2, -0.15) is 0 Å². The number of likely N-dealkylation sites (tertiary alicyclic amines) is 1. The van der Waals surface area contributed by atoms with E-state index >= 15 is 0 Å². The third kappa shape index (κ3) is 7.23. The van der Waals surface area contributed by atoms with Gasteiger partial charge in [0.05, 0.1) is 33.0 Å². The number of aliphatic hydroxyl groups excluding tert-OH is 1. The summed E-state index contributed by atoms with van der Waals surface area (Å²) in [4.78, 5) is 37.3. The van der Waals surface area contributed by atoms with E-state index in [-0.39, 0.29) is 37.7 Å². The molecule has 8 nitrogen and oxygen atoms in total. The van der Waals surface area contributed by atoms with Crippen molar-refractivity contribution in [2.24, 2.45) is 0 Å². The predicted molar refractivity (Wildman–Crippen MR) is 93.7 cm³/mol. The highest BCUT2D eigenvalue weighted by atomic mass is 16.5. The molecule has 0 aliphatic carbocycles. The third-order valence-corrected chi connectivity index (χ3v) is 3.92. The first kappa shape index (κ1) is 22.3. The molecule has 0 aromatic carbocycles. The largest absolute Gasteiger partial charge is 0.509 e. The fraction of sp³-hybridized carbons (Fsp3) is 0.722. The number of aliphatic hydroxyl groups is 1. The quantitative estimate of drug-likeness (QED) is 0.226. The number of nitrogens with zero attached hydrogens (tertiary/aromatic N) is 1. The van der Waals surface area contributed by atoms with Crippen LogP contribution in [0.1, 0.15) is 39.0 Å². The highest BCUT2D eigenvalue weighted by Crippen LogP contribution is 2.19. The highest BCUT2D eigenvalue weighted by molar-refractivity contribution is 6.29. The average molecular weight is 371 g/mol. The van der Waals surface area contributed by atoms with Gasteiger partial charge < -0.3 is 19.3 Å². The topological polar surface area (TPSA) is 102 Å². The van der Waals surface area contributed by atoms with Crippen LogP contribution in [0.2, 0.25) is 0 Å². The van der Waals surface area contributed by atoms with Crippen LogP contribution in [0, 0.1) is 0 Å². The van der Waals surface area contributed by atoms with E-state index in [4.69, 9.17) is 14.2 Å². The van der Waals surface area contributed by atoms with E-state index in [2.05, 4.69) is 6.92 Å². The second-order valence-electron chi connectivity index (χ2n) is 6.00. The lowest BCUT2D eigenvalue weighted by atomic mass is 10.1. The maximum Gasteiger partial charge on any atom is 0.268 e. The number of carbonyl (C=O) groups is 3. The van der Waals surface area contributed by atoms with Crippen LogP contribution in [-0.4, -0.2) is 74.3 Å². The molecule has 1 aliphatic rings. The van der Waals surface area contributed by atoms with Crippen LogP contribution >= 0.6 is 0 Å². The number of hydrogen-bond donors (Lipinski definition) is 1. The average Bonchev–Trinajstić information content (AvgIpc) is 2.92. The molecular formula is C18H29NO7. The minimum Gasteiger partial charge on any atom is -0.509 e. The van der Waals surface area contributed by atoms with E-state index in [1.807, 2.05) is 0 Å². The van der Waals surface area contributed by atoms with Crippen LogP contribution < -0.4 is 0 Å². The first-order valence-corrected chi connectivity index (χ1v) is 8.97. The molecule has 0 saturated carbocycles. The second kappa shape index (κ2) is 12.6. The van der Waals surface area contributed by atoms with Crippen molar-refractivity contribution >= 4 is 17.6 Å². The molecule has 0 bridgehead atoms. The number of imide groups is 1. The van der Waals surface area contributed by atoms with E-state index in [0.29, 0.717) is 26.2 Å². The van der Waals surface area contributed by atoms with Crippen molar-refractivity contribution in [2.75, 3.05) is 46.7 Å². The Morgan fingerprint density at radius 3 is 2.46 bits per heavy atom. The molecule has 26 heavy (non-hydrogen) atoms. The summed E-state index contributed by atoms with van der Waals surface area (Å²) in [7, 11) is 1.57. The predicted octanol–water partition coefficient (Wildman–Crippen LogP) is 1.39. The Morgan fingerprint density at radius 1 is 1.08 bits per heavy atom.